The molecule has 0 fully saturated rings. The van der Waals surface area contributed by atoms with Crippen LogP contribution in [0.25, 0.3) is 10.9 Å². The van der Waals surface area contributed by atoms with Gasteiger partial charge in [0.1, 0.15) is 11.7 Å². The summed E-state index contributed by atoms with van der Waals surface area (Å²) in [6.07, 6.45) is 4.97. The highest BCUT2D eigenvalue weighted by atomic mass is 16.5. The molecule has 0 saturated carbocycles. The zero-order valence-corrected chi connectivity index (χ0v) is 12.5. The number of fused-ring (bicyclic) bond motifs is 1. The van der Waals surface area contributed by atoms with Gasteiger partial charge in [-0.3, -0.25) is 4.79 Å². The second-order valence-electron chi connectivity index (χ2n) is 5.08. The maximum atomic E-state index is 12.1. The number of carbonyl (C=O) groups is 2. The third kappa shape index (κ3) is 3.08. The Morgan fingerprint density at radius 1 is 1.30 bits per heavy atom. The average Bonchev–Trinajstić information content (AvgIpc) is 3.23. The van der Waals surface area contributed by atoms with E-state index < -0.39 is 17.9 Å². The van der Waals surface area contributed by atoms with Crippen LogP contribution in [0.4, 0.5) is 0 Å². The second kappa shape index (κ2) is 6.35. The number of para-hydroxylation sites is 1. The number of nitrogens with zero attached hydrogens (tertiary/aromatic N) is 1. The molecule has 2 heterocycles. The summed E-state index contributed by atoms with van der Waals surface area (Å²) in [5.41, 5.74) is 2.20. The van der Waals surface area contributed by atoms with E-state index in [2.05, 4.69) is 20.3 Å². The van der Waals surface area contributed by atoms with Crippen LogP contribution in [0.2, 0.25) is 0 Å². The number of aromatic amines is 2. The molecule has 1 atom stereocenters. The van der Waals surface area contributed by atoms with Crippen molar-refractivity contribution >= 4 is 22.8 Å². The Morgan fingerprint density at radius 2 is 2.13 bits per heavy atom. The van der Waals surface area contributed by atoms with Crippen LogP contribution in [0.3, 0.4) is 0 Å². The lowest BCUT2D eigenvalue weighted by Gasteiger charge is -2.15. The molecule has 0 radical (unpaired) electrons. The standard InChI is InChI=1S/C16H16N4O3/c1-23-16(22)13(20-15(21)14-8-17-9-19-14)6-10-7-18-12-5-3-2-4-11(10)12/h2-5,7-9,13,18H,6H2,1H3,(H,17,19)(H,20,21)/t13-/m0/s1. The van der Waals surface area contributed by atoms with Gasteiger partial charge in [0.2, 0.25) is 0 Å². The summed E-state index contributed by atoms with van der Waals surface area (Å²) in [6.45, 7) is 0. The average molecular weight is 312 g/mol. The van der Waals surface area contributed by atoms with Gasteiger partial charge in [0, 0.05) is 23.5 Å². The lowest BCUT2D eigenvalue weighted by Crippen LogP contribution is -2.43. The number of nitrogens with one attached hydrogen (secondary N) is 3. The summed E-state index contributed by atoms with van der Waals surface area (Å²) in [7, 11) is 1.30. The summed E-state index contributed by atoms with van der Waals surface area (Å²) >= 11 is 0. The number of hydrogen-bond donors (Lipinski definition) is 3. The predicted molar refractivity (Wildman–Crippen MR) is 83.9 cm³/mol. The van der Waals surface area contributed by atoms with Crippen molar-refractivity contribution in [3.05, 3.63) is 54.2 Å². The Kier molecular flexibility index (Phi) is 4.09. The van der Waals surface area contributed by atoms with Crippen LogP contribution < -0.4 is 5.32 Å². The van der Waals surface area contributed by atoms with Crippen LogP contribution in [-0.2, 0) is 16.0 Å². The fraction of sp³-hybridized carbons (Fsp3) is 0.188. The highest BCUT2D eigenvalue weighted by Gasteiger charge is 2.24. The van der Waals surface area contributed by atoms with E-state index in [0.717, 1.165) is 16.5 Å². The van der Waals surface area contributed by atoms with Gasteiger partial charge in [-0.15, -0.1) is 0 Å². The van der Waals surface area contributed by atoms with Crippen LogP contribution in [-0.4, -0.2) is 40.0 Å². The van der Waals surface area contributed by atoms with Gasteiger partial charge in [0.15, 0.2) is 0 Å². The Bertz CT molecular complexity index is 823. The Hall–Kier alpha value is -3.09. The van der Waals surface area contributed by atoms with E-state index in [1.165, 1.54) is 19.6 Å². The quantitative estimate of drug-likeness (QED) is 0.620. The Balaban J connectivity index is 1.82. The number of aromatic nitrogens is 3. The molecule has 3 N–H and O–H groups in total. The number of H-pyrrole nitrogens is 2. The number of amides is 1. The van der Waals surface area contributed by atoms with Gasteiger partial charge in [0.05, 0.1) is 19.6 Å². The van der Waals surface area contributed by atoms with Gasteiger partial charge in [-0.25, -0.2) is 9.78 Å². The number of esters is 1. The molecule has 0 aliphatic rings. The lowest BCUT2D eigenvalue weighted by atomic mass is 10.0. The molecule has 3 rings (SSSR count). The van der Waals surface area contributed by atoms with Crippen molar-refractivity contribution in [1.82, 2.24) is 20.3 Å². The first-order valence-electron chi connectivity index (χ1n) is 7.11. The van der Waals surface area contributed by atoms with Crippen molar-refractivity contribution in [3.63, 3.8) is 0 Å². The molecule has 0 spiro atoms. The molecule has 3 aromatic rings. The van der Waals surface area contributed by atoms with Gasteiger partial charge in [-0.2, -0.15) is 0 Å². The zero-order valence-electron chi connectivity index (χ0n) is 12.5. The third-order valence-electron chi connectivity index (χ3n) is 3.63. The van der Waals surface area contributed by atoms with Gasteiger partial charge in [-0.1, -0.05) is 18.2 Å². The SMILES string of the molecule is COC(=O)[C@H](Cc1c[nH]c2ccccc12)NC(=O)c1cnc[nH]1. The monoisotopic (exact) mass is 312 g/mol. The first-order valence-corrected chi connectivity index (χ1v) is 7.11. The fourth-order valence-electron chi connectivity index (χ4n) is 2.47. The predicted octanol–water partition coefficient (Wildman–Crippen LogP) is 1.41. The molecule has 1 aromatic carbocycles. The highest BCUT2D eigenvalue weighted by Crippen LogP contribution is 2.19. The van der Waals surface area contributed by atoms with Gasteiger partial charge >= 0.3 is 5.97 Å². The second-order valence-corrected chi connectivity index (χ2v) is 5.08. The van der Waals surface area contributed by atoms with Crippen LogP contribution in [0.15, 0.2) is 43.0 Å². The molecule has 0 aliphatic carbocycles. The number of hydrogen-bond acceptors (Lipinski definition) is 4. The van der Waals surface area contributed by atoms with Crippen molar-refractivity contribution in [2.24, 2.45) is 0 Å². The van der Waals surface area contributed by atoms with Crippen molar-refractivity contribution in [3.8, 4) is 0 Å². The molecule has 0 bridgehead atoms. The molecular formula is C16H16N4O3. The van der Waals surface area contributed by atoms with E-state index in [9.17, 15) is 9.59 Å². The Labute approximate surface area is 132 Å². The number of carbonyl (C=O) groups excluding carboxylic acids is 2. The van der Waals surface area contributed by atoms with Crippen molar-refractivity contribution < 1.29 is 14.3 Å². The lowest BCUT2D eigenvalue weighted by molar-refractivity contribution is -0.142. The molecule has 118 valence electrons. The normalized spacial score (nSPS) is 12.0. The largest absolute Gasteiger partial charge is 0.467 e. The number of imidazole rings is 1. The molecule has 0 saturated heterocycles. The topological polar surface area (TPSA) is 99.9 Å². The maximum absolute atomic E-state index is 12.1. The van der Waals surface area contributed by atoms with E-state index in [-0.39, 0.29) is 5.69 Å². The number of rotatable bonds is 5. The number of methoxy groups -OCH3 is 1. The van der Waals surface area contributed by atoms with E-state index in [1.807, 2.05) is 30.5 Å². The first kappa shape index (κ1) is 14.8. The molecular weight excluding hydrogens is 296 g/mol. The summed E-state index contributed by atoms with van der Waals surface area (Å²) in [4.78, 5) is 33.8. The smallest absolute Gasteiger partial charge is 0.328 e. The maximum Gasteiger partial charge on any atom is 0.328 e. The minimum absolute atomic E-state index is 0.290. The van der Waals surface area contributed by atoms with Gasteiger partial charge < -0.3 is 20.0 Å². The summed E-state index contributed by atoms with van der Waals surface area (Å²) in [5, 5.41) is 3.69. The Morgan fingerprint density at radius 3 is 2.87 bits per heavy atom. The minimum Gasteiger partial charge on any atom is -0.467 e. The zero-order chi connectivity index (χ0) is 16.2. The van der Waals surface area contributed by atoms with E-state index >= 15 is 0 Å². The van der Waals surface area contributed by atoms with Crippen molar-refractivity contribution in [2.45, 2.75) is 12.5 Å². The molecule has 23 heavy (non-hydrogen) atoms. The first-order chi connectivity index (χ1) is 11.2. The molecule has 2 aromatic heterocycles. The summed E-state index contributed by atoms with van der Waals surface area (Å²) in [5.74, 6) is -0.902. The van der Waals surface area contributed by atoms with Crippen LogP contribution >= 0.6 is 0 Å². The van der Waals surface area contributed by atoms with E-state index in [4.69, 9.17) is 4.74 Å². The number of ether oxygens (including phenoxy) is 1. The minimum atomic E-state index is -0.782. The van der Waals surface area contributed by atoms with Crippen molar-refractivity contribution in [1.29, 1.82) is 0 Å². The fourth-order valence-corrected chi connectivity index (χ4v) is 2.47. The number of benzene rings is 1. The van der Waals surface area contributed by atoms with Crippen LogP contribution in [0, 0.1) is 0 Å². The van der Waals surface area contributed by atoms with E-state index in [1.54, 1.807) is 0 Å². The van der Waals surface area contributed by atoms with Crippen LogP contribution in [0.1, 0.15) is 16.1 Å². The van der Waals surface area contributed by atoms with Gasteiger partial charge in [0.25, 0.3) is 5.91 Å². The highest BCUT2D eigenvalue weighted by molar-refractivity contribution is 5.95. The molecule has 7 heteroatoms. The molecule has 0 aliphatic heterocycles. The third-order valence-corrected chi connectivity index (χ3v) is 3.63. The summed E-state index contributed by atoms with van der Waals surface area (Å²) in [6, 6.07) is 6.99. The molecule has 7 nitrogen and oxygen atoms in total. The summed E-state index contributed by atoms with van der Waals surface area (Å²) < 4.78 is 4.80. The molecule has 1 amide bonds. The molecule has 0 unspecified atom stereocenters. The van der Waals surface area contributed by atoms with Crippen molar-refractivity contribution in [2.75, 3.05) is 7.11 Å². The van der Waals surface area contributed by atoms with Gasteiger partial charge in [-0.05, 0) is 11.6 Å². The van der Waals surface area contributed by atoms with Crippen LogP contribution in [0.5, 0.6) is 0 Å². The van der Waals surface area contributed by atoms with E-state index in [0.29, 0.717) is 6.42 Å².